The highest BCUT2D eigenvalue weighted by Gasteiger charge is 2.38. The average molecular weight is 250 g/mol. The Morgan fingerprint density at radius 2 is 2.00 bits per heavy atom. The summed E-state index contributed by atoms with van der Waals surface area (Å²) in [6.45, 7) is 0.813. The summed E-state index contributed by atoms with van der Waals surface area (Å²) in [6.07, 6.45) is -6.60. The van der Waals surface area contributed by atoms with E-state index in [1.165, 1.54) is 0 Å². The van der Waals surface area contributed by atoms with Crippen LogP contribution in [-0.4, -0.2) is 18.1 Å². The Balaban J connectivity index is 3.03. The van der Waals surface area contributed by atoms with E-state index in [4.69, 9.17) is 11.1 Å². The molecule has 0 fully saturated rings. The van der Waals surface area contributed by atoms with E-state index in [-0.39, 0.29) is 11.3 Å². The van der Waals surface area contributed by atoms with Crippen molar-refractivity contribution in [1.29, 1.82) is 5.41 Å². The lowest BCUT2D eigenvalue weighted by Crippen LogP contribution is -2.32. The van der Waals surface area contributed by atoms with E-state index in [0.29, 0.717) is 0 Å². The third-order valence-electron chi connectivity index (χ3n) is 2.00. The van der Waals surface area contributed by atoms with E-state index in [1.54, 1.807) is 0 Å². The molecule has 1 atom stereocenters. The Morgan fingerprint density at radius 3 is 2.47 bits per heavy atom. The second-order valence-electron chi connectivity index (χ2n) is 3.36. The number of rotatable bonds is 3. The van der Waals surface area contributed by atoms with Crippen LogP contribution < -0.4 is 10.5 Å². The predicted molar refractivity (Wildman–Crippen MR) is 53.6 cm³/mol. The number of nitrogens with two attached hydrogens (primary N) is 1. The fourth-order valence-corrected chi connectivity index (χ4v) is 1.07. The summed E-state index contributed by atoms with van der Waals surface area (Å²) in [5.41, 5.74) is 4.92. The highest BCUT2D eigenvalue weighted by Crippen LogP contribution is 2.27. The van der Waals surface area contributed by atoms with Crippen LogP contribution in [0.15, 0.2) is 18.2 Å². The molecule has 0 aliphatic carbocycles. The summed E-state index contributed by atoms with van der Waals surface area (Å²) in [7, 11) is 0. The first kappa shape index (κ1) is 13.3. The van der Waals surface area contributed by atoms with Gasteiger partial charge in [-0.05, 0) is 25.1 Å². The van der Waals surface area contributed by atoms with Crippen molar-refractivity contribution < 1.29 is 22.3 Å². The number of benzene rings is 1. The van der Waals surface area contributed by atoms with Gasteiger partial charge in [-0.3, -0.25) is 5.41 Å². The Kier molecular flexibility index (Phi) is 3.59. The molecule has 1 rings (SSSR count). The lowest BCUT2D eigenvalue weighted by atomic mass is 10.2. The molecule has 7 heteroatoms. The number of ether oxygens (including phenoxy) is 1. The highest BCUT2D eigenvalue weighted by molar-refractivity contribution is 5.97. The molecule has 0 heterocycles. The molecule has 0 amide bonds. The van der Waals surface area contributed by atoms with Crippen LogP contribution in [0.5, 0.6) is 5.75 Å². The van der Waals surface area contributed by atoms with Crippen molar-refractivity contribution in [2.75, 3.05) is 0 Å². The maximum Gasteiger partial charge on any atom is 0.425 e. The van der Waals surface area contributed by atoms with Gasteiger partial charge in [0.05, 0.1) is 5.56 Å². The van der Waals surface area contributed by atoms with E-state index < -0.39 is 23.9 Å². The average Bonchev–Trinajstić information content (AvgIpc) is 2.18. The van der Waals surface area contributed by atoms with Crippen molar-refractivity contribution in [2.24, 2.45) is 5.73 Å². The lowest BCUT2D eigenvalue weighted by molar-refractivity contribution is -0.189. The molecule has 1 aromatic rings. The fraction of sp³-hybridized carbons (Fsp3) is 0.300. The highest BCUT2D eigenvalue weighted by atomic mass is 19.4. The van der Waals surface area contributed by atoms with Crippen LogP contribution in [-0.2, 0) is 0 Å². The van der Waals surface area contributed by atoms with Gasteiger partial charge in [0.25, 0.3) is 0 Å². The minimum absolute atomic E-state index is 0.207. The first-order chi connectivity index (χ1) is 7.71. The maximum absolute atomic E-state index is 12.8. The first-order valence-electron chi connectivity index (χ1n) is 4.59. The van der Waals surface area contributed by atoms with Crippen LogP contribution in [0.4, 0.5) is 17.6 Å². The quantitative estimate of drug-likeness (QED) is 0.491. The van der Waals surface area contributed by atoms with Crippen molar-refractivity contribution in [3.8, 4) is 5.75 Å². The van der Waals surface area contributed by atoms with E-state index >= 15 is 0 Å². The Hall–Kier alpha value is -1.79. The Morgan fingerprint density at radius 1 is 1.41 bits per heavy atom. The first-order valence-corrected chi connectivity index (χ1v) is 4.59. The minimum atomic E-state index is -4.54. The SMILES string of the molecule is CC(Oc1ccc(F)cc1C(=N)N)C(F)(F)F. The zero-order valence-electron chi connectivity index (χ0n) is 8.81. The topological polar surface area (TPSA) is 59.1 Å². The molecular formula is C10H10F4N2O. The molecule has 0 aliphatic rings. The standard InChI is InChI=1S/C10H10F4N2O/c1-5(10(12,13)14)17-8-3-2-6(11)4-7(8)9(15)16/h2-5H,1H3,(H3,15,16). The second kappa shape index (κ2) is 4.60. The van der Waals surface area contributed by atoms with Crippen molar-refractivity contribution in [1.82, 2.24) is 0 Å². The van der Waals surface area contributed by atoms with Crippen molar-refractivity contribution in [3.63, 3.8) is 0 Å². The molecule has 0 aromatic heterocycles. The summed E-state index contributed by atoms with van der Waals surface area (Å²) in [5.74, 6) is -1.54. The Bertz CT molecular complexity index is 431. The van der Waals surface area contributed by atoms with Crippen LogP contribution in [0.3, 0.4) is 0 Å². The smallest absolute Gasteiger partial charge is 0.425 e. The van der Waals surface area contributed by atoms with Gasteiger partial charge in [0.2, 0.25) is 0 Å². The molecular weight excluding hydrogens is 240 g/mol. The molecule has 94 valence electrons. The molecule has 0 bridgehead atoms. The number of nitrogen functional groups attached to an aromatic ring is 1. The van der Waals surface area contributed by atoms with Crippen LogP contribution in [0.25, 0.3) is 0 Å². The summed E-state index contributed by atoms with van der Waals surface area (Å²) >= 11 is 0. The summed E-state index contributed by atoms with van der Waals surface area (Å²) < 4.78 is 54.3. The van der Waals surface area contributed by atoms with Gasteiger partial charge in [-0.2, -0.15) is 13.2 Å². The second-order valence-corrected chi connectivity index (χ2v) is 3.36. The number of hydrogen-bond acceptors (Lipinski definition) is 2. The number of nitrogens with one attached hydrogen (secondary N) is 1. The van der Waals surface area contributed by atoms with Crippen molar-refractivity contribution in [3.05, 3.63) is 29.6 Å². The van der Waals surface area contributed by atoms with E-state index in [0.717, 1.165) is 25.1 Å². The zero-order valence-corrected chi connectivity index (χ0v) is 8.81. The Labute approximate surface area is 94.7 Å². The summed E-state index contributed by atoms with van der Waals surface area (Å²) in [5, 5.41) is 7.12. The van der Waals surface area contributed by atoms with Gasteiger partial charge in [-0.1, -0.05) is 0 Å². The molecule has 3 nitrogen and oxygen atoms in total. The summed E-state index contributed by atoms with van der Waals surface area (Å²) in [6, 6.07) is 2.79. The summed E-state index contributed by atoms with van der Waals surface area (Å²) in [4.78, 5) is 0. The van der Waals surface area contributed by atoms with Gasteiger partial charge >= 0.3 is 6.18 Å². The third-order valence-corrected chi connectivity index (χ3v) is 2.00. The van der Waals surface area contributed by atoms with Crippen molar-refractivity contribution >= 4 is 5.84 Å². The van der Waals surface area contributed by atoms with Crippen LogP contribution in [0.2, 0.25) is 0 Å². The molecule has 17 heavy (non-hydrogen) atoms. The zero-order chi connectivity index (χ0) is 13.2. The van der Waals surface area contributed by atoms with Gasteiger partial charge in [-0.15, -0.1) is 0 Å². The van der Waals surface area contributed by atoms with Crippen LogP contribution in [0.1, 0.15) is 12.5 Å². The lowest BCUT2D eigenvalue weighted by Gasteiger charge is -2.19. The van der Waals surface area contributed by atoms with Gasteiger partial charge in [0.1, 0.15) is 17.4 Å². The van der Waals surface area contributed by atoms with E-state index in [1.807, 2.05) is 0 Å². The number of halogens is 4. The van der Waals surface area contributed by atoms with Gasteiger partial charge < -0.3 is 10.5 Å². The van der Waals surface area contributed by atoms with Gasteiger partial charge in [0, 0.05) is 0 Å². The molecule has 1 unspecified atom stereocenters. The number of amidine groups is 1. The largest absolute Gasteiger partial charge is 0.480 e. The molecule has 3 N–H and O–H groups in total. The molecule has 0 saturated carbocycles. The van der Waals surface area contributed by atoms with E-state index in [2.05, 4.69) is 4.74 Å². The minimum Gasteiger partial charge on any atom is -0.480 e. The van der Waals surface area contributed by atoms with Crippen molar-refractivity contribution in [2.45, 2.75) is 19.2 Å². The molecule has 1 aromatic carbocycles. The number of hydrogen-bond donors (Lipinski definition) is 2. The number of alkyl halides is 3. The predicted octanol–water partition coefficient (Wildman–Crippen LogP) is 2.44. The fourth-order valence-electron chi connectivity index (χ4n) is 1.07. The van der Waals surface area contributed by atoms with E-state index in [9.17, 15) is 17.6 Å². The molecule has 0 radical (unpaired) electrons. The molecule has 0 saturated heterocycles. The van der Waals surface area contributed by atoms with Gasteiger partial charge in [-0.25, -0.2) is 4.39 Å². The van der Waals surface area contributed by atoms with Crippen LogP contribution >= 0.6 is 0 Å². The molecule has 0 aliphatic heterocycles. The third kappa shape index (κ3) is 3.33. The van der Waals surface area contributed by atoms with Gasteiger partial charge in [0.15, 0.2) is 6.10 Å². The normalized spacial score (nSPS) is 13.2. The monoisotopic (exact) mass is 250 g/mol. The molecule has 0 spiro atoms. The van der Waals surface area contributed by atoms with Crippen LogP contribution in [0, 0.1) is 11.2 Å². The maximum atomic E-state index is 12.8.